The number of hydrogen-bond acceptors (Lipinski definition) is 0. The van der Waals surface area contributed by atoms with Crippen LogP contribution in [0.1, 0.15) is 62.3 Å². The van der Waals surface area contributed by atoms with E-state index in [0.29, 0.717) is 15.5 Å². The van der Waals surface area contributed by atoms with Crippen LogP contribution >= 0.6 is 70.9 Å². The SMILES string of the molecule is Br[B-](Br)(Br)Br.CC(C)(C)[PH+](C(C)(C)C)C(C)(C)C. The van der Waals surface area contributed by atoms with Gasteiger partial charge in [0.2, 0.25) is 1.44 Å². The van der Waals surface area contributed by atoms with Gasteiger partial charge >= 0.3 is 0 Å². The first kappa shape index (κ1) is 22.7. The van der Waals surface area contributed by atoms with E-state index < -0.39 is 9.36 Å². The molecule has 0 aromatic heterocycles. The largest absolute Gasteiger partial charge is 0.311 e. The molecule has 0 aliphatic heterocycles. The number of rotatable bonds is 0. The highest BCUT2D eigenvalue weighted by molar-refractivity contribution is 9.90. The molecular formula is C12H28BBr4P. The standard InChI is InChI=1S/C12H27P.BBr4/c1-10(2,3)13(11(4,5)6)12(7,8)9;2-1(3,4)5/h1-9H3;/q;-1/p+1. The van der Waals surface area contributed by atoms with E-state index in [1.54, 1.807) is 0 Å². The molecule has 0 saturated heterocycles. The molecule has 0 heterocycles. The van der Waals surface area contributed by atoms with Gasteiger partial charge < -0.3 is 63.0 Å². The van der Waals surface area contributed by atoms with E-state index in [0.717, 1.165) is 0 Å². The Morgan fingerprint density at radius 1 is 0.556 bits per heavy atom. The molecule has 0 radical (unpaired) electrons. The fourth-order valence-electron chi connectivity index (χ4n) is 3.38. The molecule has 0 aliphatic carbocycles. The third kappa shape index (κ3) is 13.4. The molecule has 0 spiro atoms. The van der Waals surface area contributed by atoms with Crippen LogP contribution in [0.3, 0.4) is 0 Å². The molecule has 0 aromatic carbocycles. The van der Waals surface area contributed by atoms with Crippen LogP contribution in [0.25, 0.3) is 0 Å². The number of halogens is 4. The molecule has 0 atom stereocenters. The van der Waals surface area contributed by atoms with Gasteiger partial charge in [-0.3, -0.25) is 0 Å². The summed E-state index contributed by atoms with van der Waals surface area (Å²) in [6.45, 7) is 21.6. The second kappa shape index (κ2) is 7.61. The second-order valence-corrected chi connectivity index (χ2v) is 25.7. The average Bonchev–Trinajstić information content (AvgIpc) is 1.65. The van der Waals surface area contributed by atoms with Gasteiger partial charge in [0.25, 0.3) is 0 Å². The molecule has 6 heteroatoms. The lowest BCUT2D eigenvalue weighted by molar-refractivity contribution is 0.644. The molecule has 0 nitrogen and oxygen atoms in total. The zero-order valence-electron chi connectivity index (χ0n) is 13.1. The van der Waals surface area contributed by atoms with Crippen molar-refractivity contribution in [3.63, 3.8) is 0 Å². The minimum atomic E-state index is -0.750. The van der Waals surface area contributed by atoms with Gasteiger partial charge in [0.15, 0.2) is 0 Å². The zero-order chi connectivity index (χ0) is 15.6. The molecule has 18 heavy (non-hydrogen) atoms. The van der Waals surface area contributed by atoms with Gasteiger partial charge in [-0.05, 0) is 62.3 Å². The van der Waals surface area contributed by atoms with Crippen molar-refractivity contribution in [1.29, 1.82) is 0 Å². The molecule has 0 rings (SSSR count). The maximum absolute atomic E-state index is 3.19. The van der Waals surface area contributed by atoms with Crippen molar-refractivity contribution in [2.45, 2.75) is 77.8 Å². The summed E-state index contributed by atoms with van der Waals surface area (Å²) < 4.78 is -0.750. The van der Waals surface area contributed by atoms with E-state index in [1.165, 1.54) is 0 Å². The average molecular weight is 534 g/mol. The molecule has 0 unspecified atom stereocenters. The van der Waals surface area contributed by atoms with Gasteiger partial charge in [-0.25, -0.2) is 0 Å². The Morgan fingerprint density at radius 3 is 0.667 bits per heavy atom. The van der Waals surface area contributed by atoms with Crippen LogP contribution in [0.5, 0.6) is 0 Å². The number of hydrogen-bond donors (Lipinski definition) is 0. The first-order chi connectivity index (χ1) is 7.37. The predicted molar refractivity (Wildman–Crippen MR) is 109 cm³/mol. The molecule has 0 aromatic rings. The first-order valence-corrected chi connectivity index (χ1v) is 11.3. The Morgan fingerprint density at radius 2 is 0.667 bits per heavy atom. The minimum Gasteiger partial charge on any atom is -0.311 e. The fourth-order valence-corrected chi connectivity index (χ4v) is 10.1. The maximum Gasteiger partial charge on any atom is 0.246 e. The lowest BCUT2D eigenvalue weighted by Crippen LogP contribution is -2.34. The van der Waals surface area contributed by atoms with E-state index in [2.05, 4.69) is 125 Å². The van der Waals surface area contributed by atoms with Crippen molar-refractivity contribution >= 4 is 72.4 Å². The van der Waals surface area contributed by atoms with Crippen LogP contribution in [0.15, 0.2) is 0 Å². The summed E-state index contributed by atoms with van der Waals surface area (Å²) in [7, 11) is -0.391. The Bertz CT molecular complexity index is 203. The third-order valence-corrected chi connectivity index (χ3v) is 6.75. The van der Waals surface area contributed by atoms with Gasteiger partial charge in [-0.2, -0.15) is 0 Å². The Balaban J connectivity index is 0. The van der Waals surface area contributed by atoms with E-state index in [4.69, 9.17) is 0 Å². The van der Waals surface area contributed by atoms with Crippen LogP contribution in [-0.2, 0) is 0 Å². The van der Waals surface area contributed by atoms with Crippen molar-refractivity contribution < 1.29 is 0 Å². The topological polar surface area (TPSA) is 0 Å². The summed E-state index contributed by atoms with van der Waals surface area (Å²) in [4.78, 5) is 0. The van der Waals surface area contributed by atoms with Crippen molar-refractivity contribution in [2.24, 2.45) is 0 Å². The lowest BCUT2D eigenvalue weighted by Gasteiger charge is -2.42. The summed E-state index contributed by atoms with van der Waals surface area (Å²) in [5.41, 5.74) is 0. The predicted octanol–water partition coefficient (Wildman–Crippen LogP) is 7.60. The van der Waals surface area contributed by atoms with Gasteiger partial charge in [0.1, 0.15) is 0 Å². The molecule has 0 fully saturated rings. The van der Waals surface area contributed by atoms with E-state index in [1.807, 2.05) is 0 Å². The molecular weight excluding hydrogens is 506 g/mol. The van der Waals surface area contributed by atoms with Crippen molar-refractivity contribution in [3.05, 3.63) is 0 Å². The van der Waals surface area contributed by atoms with Crippen LogP contribution in [-0.4, -0.2) is 16.9 Å². The Labute approximate surface area is 149 Å². The molecule has 0 aliphatic rings. The highest BCUT2D eigenvalue weighted by Crippen LogP contribution is 2.66. The second-order valence-electron chi connectivity index (χ2n) is 7.62. The maximum atomic E-state index is 3.19. The van der Waals surface area contributed by atoms with E-state index >= 15 is 0 Å². The Hall–Kier alpha value is 2.41. The summed E-state index contributed by atoms with van der Waals surface area (Å²) in [6, 6.07) is 0. The summed E-state index contributed by atoms with van der Waals surface area (Å²) in [6.07, 6.45) is 0. The first-order valence-electron chi connectivity index (χ1n) is 6.12. The van der Waals surface area contributed by atoms with Crippen LogP contribution in [0, 0.1) is 0 Å². The van der Waals surface area contributed by atoms with E-state index in [9.17, 15) is 0 Å². The smallest absolute Gasteiger partial charge is 0.246 e. The van der Waals surface area contributed by atoms with Crippen LogP contribution in [0.2, 0.25) is 0 Å². The highest BCUT2D eigenvalue weighted by atomic mass is 80.0. The lowest BCUT2D eigenvalue weighted by atomic mass is 10.2. The quantitative estimate of drug-likeness (QED) is 0.222. The normalized spacial score (nSPS) is 14.3. The Kier molecular flexibility index (Phi) is 9.59. The van der Waals surface area contributed by atoms with Gasteiger partial charge in [-0.15, -0.1) is 0 Å². The summed E-state index contributed by atoms with van der Waals surface area (Å²) in [5.74, 6) is 0. The highest BCUT2D eigenvalue weighted by Gasteiger charge is 2.49. The molecule has 112 valence electrons. The molecule has 0 N–H and O–H groups in total. The van der Waals surface area contributed by atoms with Crippen LogP contribution in [0.4, 0.5) is 0 Å². The zero-order valence-corrected chi connectivity index (χ0v) is 20.4. The van der Waals surface area contributed by atoms with Crippen LogP contribution < -0.4 is 0 Å². The van der Waals surface area contributed by atoms with Gasteiger partial charge in [-0.1, -0.05) is 0 Å². The van der Waals surface area contributed by atoms with Crippen molar-refractivity contribution in [1.82, 2.24) is 0 Å². The molecule has 0 saturated carbocycles. The summed E-state index contributed by atoms with van der Waals surface area (Å²) >= 11 is 12.8. The molecule has 0 amide bonds. The minimum absolute atomic E-state index is 0.391. The van der Waals surface area contributed by atoms with Gasteiger partial charge in [0.05, 0.1) is 15.5 Å². The summed E-state index contributed by atoms with van der Waals surface area (Å²) in [5, 5.41) is 1.46. The van der Waals surface area contributed by atoms with Crippen molar-refractivity contribution in [3.8, 4) is 0 Å². The third-order valence-electron chi connectivity index (χ3n) is 2.25. The van der Waals surface area contributed by atoms with Gasteiger partial charge in [0, 0.05) is 7.92 Å². The van der Waals surface area contributed by atoms with Crippen molar-refractivity contribution in [2.75, 3.05) is 0 Å². The fraction of sp³-hybridized carbons (Fsp3) is 1.00. The molecule has 0 bridgehead atoms. The monoisotopic (exact) mass is 530 g/mol. The van der Waals surface area contributed by atoms with E-state index in [-0.39, 0.29) is 0 Å².